The van der Waals surface area contributed by atoms with E-state index >= 15 is 0 Å². The average Bonchev–Trinajstić information content (AvgIpc) is 2.82. The average molecular weight is 449 g/mol. The Kier molecular flexibility index (Phi) is 5.39. The molecule has 0 aliphatic carbocycles. The van der Waals surface area contributed by atoms with E-state index in [2.05, 4.69) is 0 Å². The minimum atomic E-state index is -0.787. The van der Waals surface area contributed by atoms with Gasteiger partial charge in [0.25, 0.3) is 0 Å². The standard InChI is InChI=1S/C25H17ClO6/c26-19-10-17(22-18(11-19)14-30-25(32-22)15-6-2-1-3-7-15)13-29-23(27)20-12-16-8-4-5-9-21(16)31-24(20)28/h1-12,25H,13-14H2/t25-/m1/s1. The molecule has 6 nitrogen and oxygen atoms in total. The number of hydrogen-bond acceptors (Lipinski definition) is 6. The van der Waals surface area contributed by atoms with Gasteiger partial charge >= 0.3 is 11.6 Å². The molecule has 4 aromatic rings. The van der Waals surface area contributed by atoms with Gasteiger partial charge in [-0.3, -0.25) is 0 Å². The zero-order valence-electron chi connectivity index (χ0n) is 16.7. The molecule has 1 atom stereocenters. The first-order valence-electron chi connectivity index (χ1n) is 9.93. The maximum Gasteiger partial charge on any atom is 0.351 e. The highest BCUT2D eigenvalue weighted by Gasteiger charge is 2.26. The van der Waals surface area contributed by atoms with Crippen molar-refractivity contribution in [2.24, 2.45) is 0 Å². The molecule has 2 heterocycles. The van der Waals surface area contributed by atoms with Crippen molar-refractivity contribution in [2.45, 2.75) is 19.5 Å². The minimum absolute atomic E-state index is 0.129. The third-order valence-electron chi connectivity index (χ3n) is 5.11. The van der Waals surface area contributed by atoms with Gasteiger partial charge in [-0.2, -0.15) is 0 Å². The van der Waals surface area contributed by atoms with Crippen LogP contribution in [0.4, 0.5) is 0 Å². The van der Waals surface area contributed by atoms with Crippen molar-refractivity contribution in [3.8, 4) is 5.75 Å². The van der Waals surface area contributed by atoms with Crippen LogP contribution in [0.3, 0.4) is 0 Å². The van der Waals surface area contributed by atoms with Gasteiger partial charge in [-0.05, 0) is 24.3 Å². The summed E-state index contributed by atoms with van der Waals surface area (Å²) < 4.78 is 22.5. The summed E-state index contributed by atoms with van der Waals surface area (Å²) in [4.78, 5) is 24.9. The van der Waals surface area contributed by atoms with Gasteiger partial charge in [-0.1, -0.05) is 60.1 Å². The molecule has 160 valence electrons. The summed E-state index contributed by atoms with van der Waals surface area (Å²) >= 11 is 6.24. The lowest BCUT2D eigenvalue weighted by Crippen LogP contribution is -2.20. The second-order valence-corrected chi connectivity index (χ2v) is 7.72. The second kappa shape index (κ2) is 8.49. The quantitative estimate of drug-likeness (QED) is 0.307. The van der Waals surface area contributed by atoms with Crippen LogP contribution in [0.5, 0.6) is 5.75 Å². The Balaban J connectivity index is 1.39. The molecule has 7 heteroatoms. The molecular weight excluding hydrogens is 432 g/mol. The number of benzene rings is 3. The molecule has 0 N–H and O–H groups in total. The van der Waals surface area contributed by atoms with Crippen molar-refractivity contribution in [3.05, 3.63) is 110 Å². The van der Waals surface area contributed by atoms with Crippen molar-refractivity contribution < 1.29 is 23.4 Å². The lowest BCUT2D eigenvalue weighted by molar-refractivity contribution is -0.112. The Labute approximate surface area is 187 Å². The topological polar surface area (TPSA) is 75.0 Å². The van der Waals surface area contributed by atoms with Crippen molar-refractivity contribution in [3.63, 3.8) is 0 Å². The molecule has 0 bridgehead atoms. The summed E-state index contributed by atoms with van der Waals surface area (Å²) in [7, 11) is 0. The fourth-order valence-electron chi connectivity index (χ4n) is 3.58. The summed E-state index contributed by atoms with van der Waals surface area (Å²) in [6.45, 7) is 0.167. The predicted molar refractivity (Wildman–Crippen MR) is 118 cm³/mol. The van der Waals surface area contributed by atoms with Gasteiger partial charge in [-0.25, -0.2) is 9.59 Å². The largest absolute Gasteiger partial charge is 0.460 e. The predicted octanol–water partition coefficient (Wildman–Crippen LogP) is 5.41. The third kappa shape index (κ3) is 3.98. The Morgan fingerprint density at radius 2 is 1.81 bits per heavy atom. The van der Waals surface area contributed by atoms with Crippen molar-refractivity contribution in [1.29, 1.82) is 0 Å². The highest BCUT2D eigenvalue weighted by Crippen LogP contribution is 2.38. The van der Waals surface area contributed by atoms with E-state index < -0.39 is 17.9 Å². The third-order valence-corrected chi connectivity index (χ3v) is 5.33. The molecule has 5 rings (SSSR count). The molecule has 0 unspecified atom stereocenters. The number of para-hydroxylation sites is 1. The van der Waals surface area contributed by atoms with E-state index in [0.29, 0.717) is 33.9 Å². The number of halogens is 1. The van der Waals surface area contributed by atoms with E-state index in [9.17, 15) is 9.59 Å². The molecule has 0 radical (unpaired) electrons. The molecule has 1 aliphatic rings. The lowest BCUT2D eigenvalue weighted by atomic mass is 10.1. The number of hydrogen-bond donors (Lipinski definition) is 0. The fraction of sp³-hybridized carbons (Fsp3) is 0.120. The fourth-order valence-corrected chi connectivity index (χ4v) is 3.85. The number of rotatable bonds is 4. The van der Waals surface area contributed by atoms with Gasteiger partial charge in [-0.15, -0.1) is 0 Å². The molecule has 32 heavy (non-hydrogen) atoms. The van der Waals surface area contributed by atoms with Crippen LogP contribution < -0.4 is 10.4 Å². The molecular formula is C25H17ClO6. The Bertz CT molecular complexity index is 1360. The molecule has 0 saturated carbocycles. The Hall–Kier alpha value is -3.61. The first-order valence-corrected chi connectivity index (χ1v) is 10.3. The molecule has 0 saturated heterocycles. The maximum absolute atomic E-state index is 12.6. The number of carbonyl (C=O) groups is 1. The molecule has 1 aromatic heterocycles. The van der Waals surface area contributed by atoms with Crippen LogP contribution in [-0.2, 0) is 22.7 Å². The van der Waals surface area contributed by atoms with Gasteiger partial charge in [0.2, 0.25) is 6.29 Å². The van der Waals surface area contributed by atoms with E-state index in [0.717, 1.165) is 11.1 Å². The first kappa shape index (κ1) is 20.3. The van der Waals surface area contributed by atoms with E-state index in [-0.39, 0.29) is 12.2 Å². The van der Waals surface area contributed by atoms with E-state index in [1.54, 1.807) is 36.4 Å². The van der Waals surface area contributed by atoms with E-state index in [4.69, 9.17) is 30.2 Å². The number of carbonyl (C=O) groups excluding carboxylic acids is 1. The van der Waals surface area contributed by atoms with Crippen molar-refractivity contribution >= 4 is 28.5 Å². The van der Waals surface area contributed by atoms with Gasteiger partial charge < -0.3 is 18.6 Å². The monoisotopic (exact) mass is 448 g/mol. The molecule has 0 amide bonds. The Morgan fingerprint density at radius 3 is 2.66 bits per heavy atom. The maximum atomic E-state index is 12.6. The van der Waals surface area contributed by atoms with Crippen molar-refractivity contribution in [1.82, 2.24) is 0 Å². The van der Waals surface area contributed by atoms with Crippen LogP contribution in [0.25, 0.3) is 11.0 Å². The zero-order valence-corrected chi connectivity index (χ0v) is 17.5. The molecule has 3 aromatic carbocycles. The van der Waals surface area contributed by atoms with Crippen molar-refractivity contribution in [2.75, 3.05) is 0 Å². The zero-order chi connectivity index (χ0) is 22.1. The highest BCUT2D eigenvalue weighted by molar-refractivity contribution is 6.30. The number of ether oxygens (including phenoxy) is 3. The Morgan fingerprint density at radius 1 is 1.03 bits per heavy atom. The van der Waals surface area contributed by atoms with Gasteiger partial charge in [0.15, 0.2) is 0 Å². The van der Waals surface area contributed by atoms with Gasteiger partial charge in [0.05, 0.1) is 6.61 Å². The second-order valence-electron chi connectivity index (χ2n) is 7.29. The molecule has 0 fully saturated rings. The van der Waals surface area contributed by atoms with Gasteiger partial charge in [0, 0.05) is 27.1 Å². The van der Waals surface area contributed by atoms with Crippen LogP contribution in [0.1, 0.15) is 33.3 Å². The highest BCUT2D eigenvalue weighted by atomic mass is 35.5. The smallest absolute Gasteiger partial charge is 0.351 e. The van der Waals surface area contributed by atoms with Crippen LogP contribution in [0.2, 0.25) is 5.02 Å². The summed E-state index contributed by atoms with van der Waals surface area (Å²) in [5, 5.41) is 1.09. The molecule has 0 spiro atoms. The van der Waals surface area contributed by atoms with E-state index in [1.807, 2.05) is 30.3 Å². The summed E-state index contributed by atoms with van der Waals surface area (Å²) in [5.74, 6) is -0.238. The number of esters is 1. The van der Waals surface area contributed by atoms with Crippen LogP contribution in [0, 0.1) is 0 Å². The lowest BCUT2D eigenvalue weighted by Gasteiger charge is -2.28. The van der Waals surface area contributed by atoms with Crippen LogP contribution in [0.15, 0.2) is 82.0 Å². The normalized spacial score (nSPS) is 15.1. The van der Waals surface area contributed by atoms with Crippen LogP contribution in [-0.4, -0.2) is 5.97 Å². The SMILES string of the molecule is O=C(OCc1cc(Cl)cc2c1O[C@H](c1ccccc1)OC2)c1cc2ccccc2oc1=O. The summed E-state index contributed by atoms with van der Waals surface area (Å²) in [6.07, 6.45) is -0.591. The van der Waals surface area contributed by atoms with E-state index in [1.165, 1.54) is 6.07 Å². The molecule has 1 aliphatic heterocycles. The first-order chi connectivity index (χ1) is 15.6. The summed E-state index contributed by atoms with van der Waals surface area (Å²) in [6, 6.07) is 21.4. The summed E-state index contributed by atoms with van der Waals surface area (Å²) in [5.41, 5.74) is 1.67. The number of fused-ring (bicyclic) bond motifs is 2. The van der Waals surface area contributed by atoms with Crippen LogP contribution >= 0.6 is 11.6 Å². The minimum Gasteiger partial charge on any atom is -0.460 e. The van der Waals surface area contributed by atoms with Gasteiger partial charge in [0.1, 0.15) is 23.5 Å².